The normalized spacial score (nSPS) is 31.1. The summed E-state index contributed by atoms with van der Waals surface area (Å²) in [6, 6.07) is 3.21. The molecule has 0 saturated heterocycles. The molecule has 1 atom stereocenters. The fraction of sp³-hybridized carbons (Fsp3) is 0.667. The first-order valence-corrected chi connectivity index (χ1v) is 11.4. The van der Waals surface area contributed by atoms with Crippen molar-refractivity contribution in [3.05, 3.63) is 17.7 Å². The minimum Gasteiger partial charge on any atom is -0.493 e. The van der Waals surface area contributed by atoms with Crippen molar-refractivity contribution in [1.29, 1.82) is 0 Å². The second-order valence-electron chi connectivity index (χ2n) is 9.85. The third-order valence-electron chi connectivity index (χ3n) is 7.78. The SMILES string of the molecule is COc1cc(C(=O)OCC(=O)NC(C)C23CC4CC(CC(C4)C2)C3)cc2c1OCCO2. The number of esters is 1. The molecule has 1 unspecified atom stereocenters. The van der Waals surface area contributed by atoms with Crippen LogP contribution in [-0.4, -0.2) is 44.8 Å². The third-order valence-corrected chi connectivity index (χ3v) is 7.78. The van der Waals surface area contributed by atoms with E-state index in [4.69, 9.17) is 18.9 Å². The van der Waals surface area contributed by atoms with E-state index in [9.17, 15) is 9.59 Å². The van der Waals surface area contributed by atoms with Gasteiger partial charge < -0.3 is 24.3 Å². The summed E-state index contributed by atoms with van der Waals surface area (Å²) in [5.41, 5.74) is 0.487. The summed E-state index contributed by atoms with van der Waals surface area (Å²) in [4.78, 5) is 25.1. The molecule has 0 aromatic heterocycles. The van der Waals surface area contributed by atoms with Gasteiger partial charge in [-0.05, 0) is 80.8 Å². The molecule has 4 aliphatic carbocycles. The zero-order chi connectivity index (χ0) is 21.6. The van der Waals surface area contributed by atoms with E-state index in [1.165, 1.54) is 45.6 Å². The molecule has 7 nitrogen and oxygen atoms in total. The standard InChI is InChI=1S/C24H31NO6/c1-14(24-10-15-5-16(11-24)7-17(6-15)12-24)25-21(26)13-31-23(27)18-8-19(28-2)22-20(9-18)29-3-4-30-22/h8-9,14-17H,3-7,10-13H2,1-2H3,(H,25,26). The predicted molar refractivity (Wildman–Crippen MR) is 112 cm³/mol. The second-order valence-corrected chi connectivity index (χ2v) is 9.85. The highest BCUT2D eigenvalue weighted by atomic mass is 16.6. The Morgan fingerprint density at radius 2 is 1.74 bits per heavy atom. The summed E-state index contributed by atoms with van der Waals surface area (Å²) in [7, 11) is 1.50. The molecule has 4 saturated carbocycles. The number of fused-ring (bicyclic) bond motifs is 1. The smallest absolute Gasteiger partial charge is 0.338 e. The Kier molecular flexibility index (Phi) is 5.22. The molecule has 1 N–H and O–H groups in total. The Hall–Kier alpha value is -2.44. The van der Waals surface area contributed by atoms with Crippen molar-refractivity contribution in [2.45, 2.75) is 51.5 Å². The van der Waals surface area contributed by atoms with Crippen molar-refractivity contribution in [3.8, 4) is 17.2 Å². The average molecular weight is 430 g/mol. The minimum atomic E-state index is -0.590. The van der Waals surface area contributed by atoms with Crippen LogP contribution >= 0.6 is 0 Å². The van der Waals surface area contributed by atoms with E-state index in [1.54, 1.807) is 12.1 Å². The van der Waals surface area contributed by atoms with Gasteiger partial charge in [0.25, 0.3) is 5.91 Å². The van der Waals surface area contributed by atoms with Gasteiger partial charge >= 0.3 is 5.97 Å². The van der Waals surface area contributed by atoms with Gasteiger partial charge in [0.05, 0.1) is 12.7 Å². The number of hydrogen-bond acceptors (Lipinski definition) is 6. The van der Waals surface area contributed by atoms with Crippen LogP contribution < -0.4 is 19.5 Å². The molecule has 31 heavy (non-hydrogen) atoms. The van der Waals surface area contributed by atoms with Gasteiger partial charge in [-0.1, -0.05) is 0 Å². The molecule has 1 aliphatic heterocycles. The van der Waals surface area contributed by atoms with Gasteiger partial charge in [-0.15, -0.1) is 0 Å². The van der Waals surface area contributed by atoms with Crippen molar-refractivity contribution in [2.75, 3.05) is 26.9 Å². The lowest BCUT2D eigenvalue weighted by molar-refractivity contribution is -0.128. The summed E-state index contributed by atoms with van der Waals surface area (Å²) in [6.07, 6.45) is 7.77. The first-order valence-electron chi connectivity index (χ1n) is 11.4. The molecule has 0 spiro atoms. The summed E-state index contributed by atoms with van der Waals surface area (Å²) >= 11 is 0. The number of carbonyl (C=O) groups excluding carboxylic acids is 2. The molecule has 4 bridgehead atoms. The van der Waals surface area contributed by atoms with Gasteiger partial charge in [-0.25, -0.2) is 4.79 Å². The fourth-order valence-electron chi connectivity index (χ4n) is 6.75. The van der Waals surface area contributed by atoms with Crippen LogP contribution in [0.2, 0.25) is 0 Å². The van der Waals surface area contributed by atoms with Crippen LogP contribution in [0.25, 0.3) is 0 Å². The van der Waals surface area contributed by atoms with Crippen molar-refractivity contribution < 1.29 is 28.5 Å². The van der Waals surface area contributed by atoms with Crippen LogP contribution in [-0.2, 0) is 9.53 Å². The number of ether oxygens (including phenoxy) is 4. The summed E-state index contributed by atoms with van der Waals surface area (Å²) in [5.74, 6) is 2.97. The highest BCUT2D eigenvalue weighted by Gasteiger charge is 2.53. The van der Waals surface area contributed by atoms with Crippen molar-refractivity contribution >= 4 is 11.9 Å². The Balaban J connectivity index is 1.19. The van der Waals surface area contributed by atoms with Crippen LogP contribution in [0.15, 0.2) is 12.1 Å². The number of nitrogens with one attached hydrogen (secondary N) is 1. The largest absolute Gasteiger partial charge is 0.493 e. The van der Waals surface area contributed by atoms with Crippen molar-refractivity contribution in [1.82, 2.24) is 5.32 Å². The predicted octanol–water partition coefficient (Wildman–Crippen LogP) is 3.34. The third kappa shape index (κ3) is 3.83. The van der Waals surface area contributed by atoms with Gasteiger partial charge in [-0.2, -0.15) is 0 Å². The molecule has 6 rings (SSSR count). The lowest BCUT2D eigenvalue weighted by Crippen LogP contribution is -2.56. The average Bonchev–Trinajstić information content (AvgIpc) is 2.75. The number of benzene rings is 1. The quantitative estimate of drug-likeness (QED) is 0.699. The molecular formula is C24H31NO6. The fourth-order valence-corrected chi connectivity index (χ4v) is 6.75. The monoisotopic (exact) mass is 429 g/mol. The van der Waals surface area contributed by atoms with E-state index in [0.29, 0.717) is 30.5 Å². The minimum absolute atomic E-state index is 0.0986. The number of amides is 1. The van der Waals surface area contributed by atoms with Crippen LogP contribution in [0.1, 0.15) is 55.8 Å². The Labute approximate surface area is 182 Å². The maximum atomic E-state index is 12.6. The summed E-state index contributed by atoms with van der Waals surface area (Å²) < 4.78 is 21.7. The van der Waals surface area contributed by atoms with Gasteiger partial charge in [0.2, 0.25) is 5.75 Å². The van der Waals surface area contributed by atoms with Gasteiger partial charge in [0, 0.05) is 6.04 Å². The summed E-state index contributed by atoms with van der Waals surface area (Å²) in [5, 5.41) is 3.13. The van der Waals surface area contributed by atoms with E-state index >= 15 is 0 Å². The molecule has 1 amide bonds. The van der Waals surface area contributed by atoms with Crippen molar-refractivity contribution in [3.63, 3.8) is 0 Å². The van der Waals surface area contributed by atoms with Gasteiger partial charge in [0.15, 0.2) is 18.1 Å². The first-order chi connectivity index (χ1) is 15.0. The van der Waals surface area contributed by atoms with Crippen molar-refractivity contribution in [2.24, 2.45) is 23.2 Å². The van der Waals surface area contributed by atoms with E-state index in [-0.39, 0.29) is 29.5 Å². The molecule has 1 aromatic carbocycles. The second kappa shape index (κ2) is 7.92. The number of hydrogen-bond donors (Lipinski definition) is 1. The number of rotatable bonds is 6. The first kappa shape index (κ1) is 20.5. The molecule has 1 heterocycles. The topological polar surface area (TPSA) is 83.1 Å². The number of methoxy groups -OCH3 is 1. The van der Waals surface area contributed by atoms with E-state index < -0.39 is 5.97 Å². The van der Waals surface area contributed by atoms with Crippen LogP contribution in [0, 0.1) is 23.2 Å². The molecule has 5 aliphatic rings. The molecule has 1 aromatic rings. The highest BCUT2D eigenvalue weighted by molar-refractivity contribution is 5.93. The summed E-state index contributed by atoms with van der Waals surface area (Å²) in [6.45, 7) is 2.65. The van der Waals surface area contributed by atoms with Crippen LogP contribution in [0.5, 0.6) is 17.2 Å². The van der Waals surface area contributed by atoms with Gasteiger partial charge in [-0.3, -0.25) is 4.79 Å². The number of carbonyl (C=O) groups is 2. The van der Waals surface area contributed by atoms with Crippen LogP contribution in [0.4, 0.5) is 0 Å². The van der Waals surface area contributed by atoms with E-state index in [2.05, 4.69) is 12.2 Å². The highest BCUT2D eigenvalue weighted by Crippen LogP contribution is 2.61. The van der Waals surface area contributed by atoms with E-state index in [1.807, 2.05) is 0 Å². The molecule has 168 valence electrons. The van der Waals surface area contributed by atoms with Crippen LogP contribution in [0.3, 0.4) is 0 Å². The molecule has 0 radical (unpaired) electrons. The molecule has 7 heteroatoms. The lowest BCUT2D eigenvalue weighted by Gasteiger charge is -2.59. The van der Waals surface area contributed by atoms with Gasteiger partial charge in [0.1, 0.15) is 13.2 Å². The molecular weight excluding hydrogens is 398 g/mol. The molecule has 4 fully saturated rings. The Morgan fingerprint density at radius 3 is 2.39 bits per heavy atom. The Bertz CT molecular complexity index is 829. The maximum Gasteiger partial charge on any atom is 0.338 e. The lowest BCUT2D eigenvalue weighted by atomic mass is 9.48. The zero-order valence-corrected chi connectivity index (χ0v) is 18.3. The Morgan fingerprint density at radius 1 is 1.10 bits per heavy atom. The zero-order valence-electron chi connectivity index (χ0n) is 18.3. The maximum absolute atomic E-state index is 12.6. The van der Waals surface area contributed by atoms with E-state index in [0.717, 1.165) is 17.8 Å².